The molecule has 1 aromatic heterocycles. The number of hydrogen-bond acceptors (Lipinski definition) is 3. The van der Waals surface area contributed by atoms with Crippen LogP contribution in [0.25, 0.3) is 10.9 Å². The van der Waals surface area contributed by atoms with Gasteiger partial charge in [0, 0.05) is 62.6 Å². The normalized spacial score (nSPS) is 14.6. The Kier molecular flexibility index (Phi) is 7.45. The minimum absolute atomic E-state index is 0.784. The zero-order chi connectivity index (χ0) is 22.5. The molecule has 0 radical (unpaired) electrons. The van der Waals surface area contributed by atoms with Crippen LogP contribution in [0.4, 0.5) is 5.69 Å². The van der Waals surface area contributed by atoms with Crippen LogP contribution in [0.1, 0.15) is 23.1 Å². The number of ether oxygens (including phenoxy) is 1. The second kappa shape index (κ2) is 10.5. The zero-order valence-corrected chi connectivity index (χ0v) is 20.3. The number of aryl methyl sites for hydroxylation is 3. The van der Waals surface area contributed by atoms with E-state index in [0.29, 0.717) is 0 Å². The van der Waals surface area contributed by atoms with Gasteiger partial charge in [0.15, 0.2) is 5.11 Å². The number of nitrogens with zero attached hydrogens (tertiary/aromatic N) is 3. The number of hydrogen-bond donors (Lipinski definition) is 1. The summed E-state index contributed by atoms with van der Waals surface area (Å²) in [6.45, 7) is 10.8. The SMILES string of the molecule is Cc1ccc(NC(=S)N(CCCN2CCOCC2)Cc2cn(C)c3ccccc23)c(C)c1. The average molecular weight is 451 g/mol. The van der Waals surface area contributed by atoms with Gasteiger partial charge in [0.25, 0.3) is 0 Å². The second-order valence-corrected chi connectivity index (χ2v) is 9.15. The van der Waals surface area contributed by atoms with Gasteiger partial charge in [0.1, 0.15) is 0 Å². The molecule has 170 valence electrons. The van der Waals surface area contributed by atoms with Crippen molar-refractivity contribution in [3.05, 3.63) is 65.4 Å². The van der Waals surface area contributed by atoms with E-state index in [9.17, 15) is 0 Å². The Bertz CT molecular complexity index is 1070. The topological polar surface area (TPSA) is 32.7 Å². The maximum Gasteiger partial charge on any atom is 0.173 e. The van der Waals surface area contributed by atoms with Crippen LogP contribution in [0.5, 0.6) is 0 Å². The van der Waals surface area contributed by atoms with Gasteiger partial charge in [-0.15, -0.1) is 0 Å². The van der Waals surface area contributed by atoms with Gasteiger partial charge in [-0.3, -0.25) is 4.90 Å². The molecular weight excluding hydrogens is 416 g/mol. The maximum atomic E-state index is 5.92. The molecule has 0 aliphatic carbocycles. The van der Waals surface area contributed by atoms with Crippen molar-refractivity contribution in [3.63, 3.8) is 0 Å². The molecule has 5 nitrogen and oxygen atoms in total. The molecule has 1 N–H and O–H groups in total. The van der Waals surface area contributed by atoms with Gasteiger partial charge in [-0.2, -0.15) is 0 Å². The summed E-state index contributed by atoms with van der Waals surface area (Å²) in [7, 11) is 2.11. The minimum Gasteiger partial charge on any atom is -0.379 e. The Balaban J connectivity index is 1.50. The van der Waals surface area contributed by atoms with Crippen LogP contribution < -0.4 is 5.32 Å². The standard InChI is InChI=1S/C26H34N4OS/c1-20-9-10-24(21(2)17-20)27-26(32)30(12-6-11-29-13-15-31-16-14-29)19-22-18-28(3)25-8-5-4-7-23(22)25/h4-5,7-10,17-18H,6,11-16,19H2,1-3H3,(H,27,32). The van der Waals surface area contributed by atoms with Crippen LogP contribution in [0.2, 0.25) is 0 Å². The molecule has 1 aliphatic rings. The minimum atomic E-state index is 0.784. The molecule has 32 heavy (non-hydrogen) atoms. The highest BCUT2D eigenvalue weighted by Crippen LogP contribution is 2.23. The van der Waals surface area contributed by atoms with Crippen LogP contribution in [-0.4, -0.2) is 58.9 Å². The molecule has 6 heteroatoms. The predicted octanol–water partition coefficient (Wildman–Crippen LogP) is 4.72. The molecule has 0 spiro atoms. The number of rotatable bonds is 7. The first kappa shape index (κ1) is 22.8. The molecule has 0 bridgehead atoms. The number of fused-ring (bicyclic) bond motifs is 1. The van der Waals surface area contributed by atoms with Crippen molar-refractivity contribution in [2.45, 2.75) is 26.8 Å². The van der Waals surface area contributed by atoms with E-state index < -0.39 is 0 Å². The van der Waals surface area contributed by atoms with Crippen molar-refractivity contribution in [2.24, 2.45) is 7.05 Å². The largest absolute Gasteiger partial charge is 0.379 e. The molecular formula is C26H34N4OS. The fourth-order valence-corrected chi connectivity index (χ4v) is 4.73. The summed E-state index contributed by atoms with van der Waals surface area (Å²) in [6.07, 6.45) is 3.30. The Morgan fingerprint density at radius 2 is 1.91 bits per heavy atom. The lowest BCUT2D eigenvalue weighted by Crippen LogP contribution is -2.40. The molecule has 0 saturated carbocycles. The van der Waals surface area contributed by atoms with E-state index in [4.69, 9.17) is 17.0 Å². The Morgan fingerprint density at radius 3 is 2.69 bits per heavy atom. The summed E-state index contributed by atoms with van der Waals surface area (Å²) in [5, 5.41) is 5.60. The highest BCUT2D eigenvalue weighted by atomic mass is 32.1. The molecule has 1 fully saturated rings. The first-order chi connectivity index (χ1) is 15.5. The number of thiocarbonyl (C=S) groups is 1. The van der Waals surface area contributed by atoms with Crippen molar-refractivity contribution < 1.29 is 4.74 Å². The van der Waals surface area contributed by atoms with Crippen molar-refractivity contribution >= 4 is 33.9 Å². The fourth-order valence-electron chi connectivity index (χ4n) is 4.47. The number of aromatic nitrogens is 1. The van der Waals surface area contributed by atoms with E-state index >= 15 is 0 Å². The molecule has 2 aromatic carbocycles. The van der Waals surface area contributed by atoms with E-state index in [1.54, 1.807) is 0 Å². The molecule has 1 aliphatic heterocycles. The fraction of sp³-hybridized carbons (Fsp3) is 0.423. The van der Waals surface area contributed by atoms with Gasteiger partial charge in [0.2, 0.25) is 0 Å². The summed E-state index contributed by atoms with van der Waals surface area (Å²) in [5.74, 6) is 0. The van der Waals surface area contributed by atoms with Gasteiger partial charge in [-0.05, 0) is 55.7 Å². The maximum absolute atomic E-state index is 5.92. The first-order valence-electron chi connectivity index (χ1n) is 11.5. The van der Waals surface area contributed by atoms with Crippen LogP contribution >= 0.6 is 12.2 Å². The Hall–Kier alpha value is -2.41. The summed E-state index contributed by atoms with van der Waals surface area (Å²) in [4.78, 5) is 4.80. The highest BCUT2D eigenvalue weighted by Gasteiger charge is 2.16. The molecule has 0 atom stereocenters. The smallest absolute Gasteiger partial charge is 0.173 e. The Morgan fingerprint density at radius 1 is 1.12 bits per heavy atom. The van der Waals surface area contributed by atoms with Gasteiger partial charge in [0.05, 0.1) is 13.2 Å². The highest BCUT2D eigenvalue weighted by molar-refractivity contribution is 7.80. The molecule has 0 amide bonds. The van der Waals surface area contributed by atoms with E-state index in [0.717, 1.165) is 63.2 Å². The molecule has 2 heterocycles. The van der Waals surface area contributed by atoms with E-state index in [-0.39, 0.29) is 0 Å². The van der Waals surface area contributed by atoms with Gasteiger partial charge in [-0.1, -0.05) is 35.9 Å². The summed E-state index contributed by atoms with van der Waals surface area (Å²) >= 11 is 5.92. The number of benzene rings is 2. The monoisotopic (exact) mass is 450 g/mol. The lowest BCUT2D eigenvalue weighted by molar-refractivity contribution is 0.0368. The third-order valence-corrected chi connectivity index (χ3v) is 6.62. The van der Waals surface area contributed by atoms with E-state index in [1.807, 2.05) is 0 Å². The molecule has 3 aromatic rings. The third kappa shape index (κ3) is 5.49. The predicted molar refractivity (Wildman–Crippen MR) is 137 cm³/mol. The van der Waals surface area contributed by atoms with E-state index in [1.165, 1.54) is 27.6 Å². The van der Waals surface area contributed by atoms with Crippen LogP contribution in [0.3, 0.4) is 0 Å². The lowest BCUT2D eigenvalue weighted by Gasteiger charge is -2.30. The summed E-state index contributed by atoms with van der Waals surface area (Å²) < 4.78 is 7.69. The van der Waals surface area contributed by atoms with Gasteiger partial charge < -0.3 is 19.5 Å². The molecule has 4 rings (SSSR count). The first-order valence-corrected chi connectivity index (χ1v) is 11.9. The van der Waals surface area contributed by atoms with E-state index in [2.05, 4.69) is 89.2 Å². The third-order valence-electron chi connectivity index (χ3n) is 6.26. The second-order valence-electron chi connectivity index (χ2n) is 8.76. The van der Waals surface area contributed by atoms with Crippen molar-refractivity contribution in [1.82, 2.24) is 14.4 Å². The average Bonchev–Trinajstić information content (AvgIpc) is 3.11. The number of morpholine rings is 1. The number of anilines is 1. The summed E-state index contributed by atoms with van der Waals surface area (Å²) in [6, 6.07) is 15.0. The van der Waals surface area contributed by atoms with Crippen LogP contribution in [0.15, 0.2) is 48.7 Å². The van der Waals surface area contributed by atoms with Crippen molar-refractivity contribution in [3.8, 4) is 0 Å². The molecule has 0 unspecified atom stereocenters. The molecule has 1 saturated heterocycles. The number of para-hydroxylation sites is 1. The summed E-state index contributed by atoms with van der Waals surface area (Å²) in [5.41, 5.74) is 6.11. The van der Waals surface area contributed by atoms with Gasteiger partial charge >= 0.3 is 0 Å². The van der Waals surface area contributed by atoms with Crippen molar-refractivity contribution in [2.75, 3.05) is 44.7 Å². The van der Waals surface area contributed by atoms with Crippen LogP contribution in [0, 0.1) is 13.8 Å². The number of nitrogens with one attached hydrogen (secondary N) is 1. The quantitative estimate of drug-likeness (QED) is 0.527. The van der Waals surface area contributed by atoms with Crippen molar-refractivity contribution in [1.29, 1.82) is 0 Å². The zero-order valence-electron chi connectivity index (χ0n) is 19.4. The van der Waals surface area contributed by atoms with Crippen LogP contribution in [-0.2, 0) is 18.3 Å². The van der Waals surface area contributed by atoms with Gasteiger partial charge in [-0.25, -0.2) is 0 Å². The lowest BCUT2D eigenvalue weighted by atomic mass is 10.1. The Labute approximate surface area is 197 Å².